The zero-order valence-electron chi connectivity index (χ0n) is 13.5. The number of nitrogens with zero attached hydrogens (tertiary/aromatic N) is 1. The van der Waals surface area contributed by atoms with Crippen LogP contribution in [0.25, 0.3) is 0 Å². The smallest absolute Gasteiger partial charge is 0.0971 e. The van der Waals surface area contributed by atoms with Crippen molar-refractivity contribution in [3.63, 3.8) is 0 Å². The summed E-state index contributed by atoms with van der Waals surface area (Å²) >= 11 is 1.84. The van der Waals surface area contributed by atoms with E-state index < -0.39 is 0 Å². The van der Waals surface area contributed by atoms with E-state index in [1.165, 1.54) is 32.1 Å². The van der Waals surface area contributed by atoms with Gasteiger partial charge in [-0.2, -0.15) is 0 Å². The molecule has 0 unspecified atom stereocenters. The molecule has 2 heteroatoms. The first kappa shape index (κ1) is 15.2. The Balaban J connectivity index is 2.33. The third kappa shape index (κ3) is 3.29. The third-order valence-corrected chi connectivity index (χ3v) is 4.98. The predicted molar refractivity (Wildman–Crippen MR) is 88.9 cm³/mol. The van der Waals surface area contributed by atoms with Crippen LogP contribution in [0, 0.1) is 13.8 Å². The van der Waals surface area contributed by atoms with Gasteiger partial charge in [-0.25, -0.2) is 4.98 Å². The molecule has 1 nitrogen and oxygen atoms in total. The number of hydrogen-bond donors (Lipinski definition) is 0. The molecule has 0 amide bonds. The number of rotatable bonds is 3. The molecular weight excluding hydrogens is 262 g/mol. The van der Waals surface area contributed by atoms with Gasteiger partial charge in [0.05, 0.1) is 5.01 Å². The molecule has 1 aromatic carbocycles. The Kier molecular flexibility index (Phi) is 4.33. The first-order chi connectivity index (χ1) is 9.31. The Morgan fingerprint density at radius 2 is 1.70 bits per heavy atom. The predicted octanol–water partition coefficient (Wildman–Crippen LogP) is 5.21. The highest BCUT2D eigenvalue weighted by atomic mass is 32.1. The van der Waals surface area contributed by atoms with Gasteiger partial charge in [0.25, 0.3) is 0 Å². The van der Waals surface area contributed by atoms with Gasteiger partial charge in [-0.1, -0.05) is 39.8 Å². The van der Waals surface area contributed by atoms with Crippen molar-refractivity contribution >= 4 is 11.3 Å². The maximum Gasteiger partial charge on any atom is 0.0971 e. The van der Waals surface area contributed by atoms with E-state index in [1.54, 1.807) is 0 Å². The third-order valence-electron chi connectivity index (χ3n) is 3.84. The standard InChI is InChI=1S/C18H25NS/c1-7-15-11-19-17(20-15)10-16-12(2)8-14(9-13(16)3)18(4,5)6/h8-9,11H,7,10H2,1-6H3. The van der Waals surface area contributed by atoms with Crippen LogP contribution in [0.5, 0.6) is 0 Å². The summed E-state index contributed by atoms with van der Waals surface area (Å²) in [7, 11) is 0. The van der Waals surface area contributed by atoms with Crippen LogP contribution in [-0.4, -0.2) is 4.98 Å². The van der Waals surface area contributed by atoms with E-state index in [-0.39, 0.29) is 5.41 Å². The van der Waals surface area contributed by atoms with Crippen LogP contribution in [0.3, 0.4) is 0 Å². The van der Waals surface area contributed by atoms with Gasteiger partial charge < -0.3 is 0 Å². The summed E-state index contributed by atoms with van der Waals surface area (Å²) in [5.41, 5.74) is 5.86. The fraction of sp³-hybridized carbons (Fsp3) is 0.500. The number of aromatic nitrogens is 1. The van der Waals surface area contributed by atoms with Crippen molar-refractivity contribution in [2.24, 2.45) is 0 Å². The second-order valence-corrected chi connectivity index (χ2v) is 7.79. The molecule has 2 rings (SSSR count). The fourth-order valence-corrected chi connectivity index (χ4v) is 3.32. The minimum atomic E-state index is 0.213. The minimum Gasteiger partial charge on any atom is -0.249 e. The highest BCUT2D eigenvalue weighted by molar-refractivity contribution is 7.11. The number of aryl methyl sites for hydroxylation is 3. The van der Waals surface area contributed by atoms with Crippen LogP contribution in [-0.2, 0) is 18.3 Å². The average Bonchev–Trinajstić information content (AvgIpc) is 2.80. The Bertz CT molecular complexity index is 579. The van der Waals surface area contributed by atoms with Gasteiger partial charge in [0.1, 0.15) is 0 Å². The van der Waals surface area contributed by atoms with Gasteiger partial charge >= 0.3 is 0 Å². The lowest BCUT2D eigenvalue weighted by Gasteiger charge is -2.22. The van der Waals surface area contributed by atoms with Crippen molar-refractivity contribution < 1.29 is 0 Å². The normalized spacial score (nSPS) is 11.9. The Labute approximate surface area is 127 Å². The molecule has 108 valence electrons. The second kappa shape index (κ2) is 5.69. The summed E-state index contributed by atoms with van der Waals surface area (Å²) in [5, 5.41) is 1.23. The van der Waals surface area contributed by atoms with Crippen LogP contribution in [0.4, 0.5) is 0 Å². The number of benzene rings is 1. The maximum absolute atomic E-state index is 4.55. The second-order valence-electron chi connectivity index (χ2n) is 6.59. The van der Waals surface area contributed by atoms with E-state index >= 15 is 0 Å². The summed E-state index contributed by atoms with van der Waals surface area (Å²) in [4.78, 5) is 5.93. The summed E-state index contributed by atoms with van der Waals surface area (Å²) in [5.74, 6) is 0. The summed E-state index contributed by atoms with van der Waals surface area (Å²) in [6.07, 6.45) is 4.07. The topological polar surface area (TPSA) is 12.9 Å². The molecule has 0 aliphatic heterocycles. The van der Waals surface area contributed by atoms with Crippen LogP contribution >= 0.6 is 11.3 Å². The molecule has 0 aliphatic carbocycles. The summed E-state index contributed by atoms with van der Waals surface area (Å²) < 4.78 is 0. The Morgan fingerprint density at radius 1 is 1.10 bits per heavy atom. The fourth-order valence-electron chi connectivity index (χ4n) is 2.45. The zero-order chi connectivity index (χ0) is 14.9. The lowest BCUT2D eigenvalue weighted by molar-refractivity contribution is 0.589. The quantitative estimate of drug-likeness (QED) is 0.755. The molecule has 0 radical (unpaired) electrons. The van der Waals surface area contributed by atoms with Crippen molar-refractivity contribution in [1.29, 1.82) is 0 Å². The molecule has 0 spiro atoms. The van der Waals surface area contributed by atoms with Crippen LogP contribution in [0.15, 0.2) is 18.3 Å². The lowest BCUT2D eigenvalue weighted by Crippen LogP contribution is -2.12. The van der Waals surface area contributed by atoms with Crippen molar-refractivity contribution in [3.8, 4) is 0 Å². The number of hydrogen-bond acceptors (Lipinski definition) is 2. The van der Waals surface area contributed by atoms with Crippen molar-refractivity contribution in [2.45, 2.75) is 59.8 Å². The lowest BCUT2D eigenvalue weighted by atomic mass is 9.83. The van der Waals surface area contributed by atoms with Crippen molar-refractivity contribution in [1.82, 2.24) is 4.98 Å². The van der Waals surface area contributed by atoms with Crippen molar-refractivity contribution in [3.05, 3.63) is 50.5 Å². The van der Waals surface area contributed by atoms with Crippen LogP contribution in [0.1, 0.15) is 59.8 Å². The molecule has 0 atom stereocenters. The first-order valence-corrected chi connectivity index (χ1v) is 8.17. The van der Waals surface area contributed by atoms with Gasteiger partial charge in [-0.05, 0) is 47.9 Å². The molecule has 0 fully saturated rings. The van der Waals surface area contributed by atoms with E-state index in [1.807, 2.05) is 17.5 Å². The van der Waals surface area contributed by atoms with E-state index in [2.05, 4.69) is 58.7 Å². The molecule has 0 saturated carbocycles. The minimum absolute atomic E-state index is 0.213. The maximum atomic E-state index is 4.55. The molecule has 20 heavy (non-hydrogen) atoms. The molecule has 0 bridgehead atoms. The molecule has 1 aromatic heterocycles. The SMILES string of the molecule is CCc1cnc(Cc2c(C)cc(C(C)(C)C)cc2C)s1. The highest BCUT2D eigenvalue weighted by Crippen LogP contribution is 2.28. The van der Waals surface area contributed by atoms with E-state index in [9.17, 15) is 0 Å². The van der Waals surface area contributed by atoms with E-state index in [0.29, 0.717) is 0 Å². The molecule has 2 aromatic rings. The Morgan fingerprint density at radius 3 is 2.15 bits per heavy atom. The average molecular weight is 287 g/mol. The van der Waals surface area contributed by atoms with Crippen molar-refractivity contribution in [2.75, 3.05) is 0 Å². The van der Waals surface area contributed by atoms with Crippen LogP contribution < -0.4 is 0 Å². The van der Waals surface area contributed by atoms with Gasteiger partial charge in [0, 0.05) is 17.5 Å². The van der Waals surface area contributed by atoms with Gasteiger partial charge in [0.15, 0.2) is 0 Å². The van der Waals surface area contributed by atoms with E-state index in [0.717, 1.165) is 12.8 Å². The summed E-state index contributed by atoms with van der Waals surface area (Å²) in [6, 6.07) is 4.69. The first-order valence-electron chi connectivity index (χ1n) is 7.35. The largest absolute Gasteiger partial charge is 0.249 e. The summed E-state index contributed by atoms with van der Waals surface area (Å²) in [6.45, 7) is 13.5. The molecular formula is C18H25NS. The monoisotopic (exact) mass is 287 g/mol. The zero-order valence-corrected chi connectivity index (χ0v) is 14.3. The van der Waals surface area contributed by atoms with Gasteiger partial charge in [0.2, 0.25) is 0 Å². The molecule has 0 N–H and O–H groups in total. The van der Waals surface area contributed by atoms with E-state index in [4.69, 9.17) is 0 Å². The molecule has 1 heterocycles. The Hall–Kier alpha value is -1.15. The molecule has 0 saturated heterocycles. The van der Waals surface area contributed by atoms with Gasteiger partial charge in [-0.15, -0.1) is 11.3 Å². The van der Waals surface area contributed by atoms with Gasteiger partial charge in [-0.3, -0.25) is 0 Å². The van der Waals surface area contributed by atoms with Crippen LogP contribution in [0.2, 0.25) is 0 Å². The molecule has 0 aliphatic rings. The number of thiazole rings is 1. The highest BCUT2D eigenvalue weighted by Gasteiger charge is 2.16.